The molecule has 0 unspecified atom stereocenters. The van der Waals surface area contributed by atoms with Crippen LogP contribution < -0.4 is 21.3 Å². The molecule has 0 bridgehead atoms. The smallest absolute Gasteiger partial charge is 0.330 e. The van der Waals surface area contributed by atoms with E-state index >= 15 is 0 Å². The molecule has 0 aliphatic heterocycles. The van der Waals surface area contributed by atoms with Gasteiger partial charge < -0.3 is 35.5 Å². The number of carbonyl (C=O) groups is 4. The molecule has 0 atom stereocenters. The van der Waals surface area contributed by atoms with Gasteiger partial charge in [-0.05, 0) is 12.8 Å². The maximum atomic E-state index is 11.4. The Morgan fingerprint density at radius 3 is 1.38 bits per heavy atom. The molecule has 0 aliphatic rings. The van der Waals surface area contributed by atoms with Crippen LogP contribution in [0.3, 0.4) is 0 Å². The standard InChI is InChI=1S/C18H30N4O7/c1-3-15(23)28-13-9-21-17(25)19-7-5-11-27-12-6-8-20-18(26)22-10-14-29-16(24)4-2/h3-4H,1-2,5-14H2,(H2,19,21,25)(H2,20,22,26). The summed E-state index contributed by atoms with van der Waals surface area (Å²) >= 11 is 0. The zero-order valence-electron chi connectivity index (χ0n) is 16.5. The summed E-state index contributed by atoms with van der Waals surface area (Å²) in [4.78, 5) is 44.5. The molecule has 0 saturated carbocycles. The van der Waals surface area contributed by atoms with Gasteiger partial charge in [0.2, 0.25) is 0 Å². The topological polar surface area (TPSA) is 144 Å². The molecule has 0 aliphatic carbocycles. The second-order valence-electron chi connectivity index (χ2n) is 5.43. The largest absolute Gasteiger partial charge is 0.461 e. The third kappa shape index (κ3) is 18.1. The van der Waals surface area contributed by atoms with Crippen molar-refractivity contribution in [2.75, 3.05) is 52.6 Å². The van der Waals surface area contributed by atoms with E-state index in [2.05, 4.69) is 34.4 Å². The van der Waals surface area contributed by atoms with Gasteiger partial charge in [-0.25, -0.2) is 19.2 Å². The number of rotatable bonds is 16. The Balaban J connectivity index is 3.36. The highest BCUT2D eigenvalue weighted by atomic mass is 16.5. The van der Waals surface area contributed by atoms with E-state index in [1.54, 1.807) is 0 Å². The third-order valence-corrected chi connectivity index (χ3v) is 3.10. The summed E-state index contributed by atoms with van der Waals surface area (Å²) in [6.45, 7) is 8.92. The lowest BCUT2D eigenvalue weighted by molar-refractivity contribution is -0.138. The number of ether oxygens (including phenoxy) is 3. The minimum atomic E-state index is -0.535. The summed E-state index contributed by atoms with van der Waals surface area (Å²) in [7, 11) is 0. The van der Waals surface area contributed by atoms with Gasteiger partial charge in [0, 0.05) is 38.5 Å². The average molecular weight is 414 g/mol. The molecular formula is C18H30N4O7. The van der Waals surface area contributed by atoms with E-state index < -0.39 is 11.9 Å². The fraction of sp³-hybridized carbons (Fsp3) is 0.556. The summed E-state index contributed by atoms with van der Waals surface area (Å²) in [5, 5.41) is 10.4. The summed E-state index contributed by atoms with van der Waals surface area (Å²) in [5.74, 6) is -1.07. The second kappa shape index (κ2) is 18.3. The predicted octanol–water partition coefficient (Wildman–Crippen LogP) is -0.160. The molecule has 0 aromatic carbocycles. The fourth-order valence-electron chi connectivity index (χ4n) is 1.73. The number of esters is 2. The highest BCUT2D eigenvalue weighted by Crippen LogP contribution is 1.85. The fourth-order valence-corrected chi connectivity index (χ4v) is 1.73. The van der Waals surface area contributed by atoms with E-state index in [0.29, 0.717) is 39.1 Å². The van der Waals surface area contributed by atoms with Gasteiger partial charge in [-0.1, -0.05) is 13.2 Å². The molecule has 4 amide bonds. The predicted molar refractivity (Wildman–Crippen MR) is 105 cm³/mol. The van der Waals surface area contributed by atoms with Crippen LogP contribution in [0.25, 0.3) is 0 Å². The van der Waals surface area contributed by atoms with Crippen molar-refractivity contribution in [3.8, 4) is 0 Å². The van der Waals surface area contributed by atoms with Gasteiger partial charge in [-0.2, -0.15) is 0 Å². The van der Waals surface area contributed by atoms with Crippen molar-refractivity contribution >= 4 is 24.0 Å². The van der Waals surface area contributed by atoms with Crippen LogP contribution in [-0.4, -0.2) is 76.6 Å². The van der Waals surface area contributed by atoms with Crippen LogP contribution in [-0.2, 0) is 23.8 Å². The van der Waals surface area contributed by atoms with Gasteiger partial charge in [0.05, 0.1) is 13.1 Å². The number of hydrogen-bond acceptors (Lipinski definition) is 7. The lowest BCUT2D eigenvalue weighted by Crippen LogP contribution is -2.38. The van der Waals surface area contributed by atoms with Crippen molar-refractivity contribution in [1.82, 2.24) is 21.3 Å². The molecule has 164 valence electrons. The zero-order chi connectivity index (χ0) is 21.7. The summed E-state index contributed by atoms with van der Waals surface area (Å²) in [6, 6.07) is -0.705. The quantitative estimate of drug-likeness (QED) is 0.156. The maximum Gasteiger partial charge on any atom is 0.330 e. The molecule has 29 heavy (non-hydrogen) atoms. The lowest BCUT2D eigenvalue weighted by Gasteiger charge is -2.09. The van der Waals surface area contributed by atoms with Crippen LogP contribution in [0.2, 0.25) is 0 Å². The molecule has 0 spiro atoms. The molecule has 11 heteroatoms. The van der Waals surface area contributed by atoms with E-state index in [0.717, 1.165) is 12.2 Å². The normalized spacial score (nSPS) is 9.66. The first-order valence-corrected chi connectivity index (χ1v) is 9.19. The van der Waals surface area contributed by atoms with Gasteiger partial charge in [-0.3, -0.25) is 0 Å². The summed E-state index contributed by atoms with van der Waals surface area (Å²) in [5.41, 5.74) is 0. The maximum absolute atomic E-state index is 11.4. The average Bonchev–Trinajstić information content (AvgIpc) is 2.72. The number of nitrogens with one attached hydrogen (secondary N) is 4. The Bertz CT molecular complexity index is 494. The summed E-state index contributed by atoms with van der Waals surface area (Å²) < 4.78 is 14.8. The molecule has 0 radical (unpaired) electrons. The minimum absolute atomic E-state index is 0.0796. The van der Waals surface area contributed by atoms with Crippen LogP contribution in [0.4, 0.5) is 9.59 Å². The number of urea groups is 2. The zero-order valence-corrected chi connectivity index (χ0v) is 16.5. The van der Waals surface area contributed by atoms with Crippen LogP contribution >= 0.6 is 0 Å². The van der Waals surface area contributed by atoms with E-state index in [4.69, 9.17) is 14.2 Å². The second-order valence-corrected chi connectivity index (χ2v) is 5.43. The van der Waals surface area contributed by atoms with Gasteiger partial charge >= 0.3 is 24.0 Å². The van der Waals surface area contributed by atoms with E-state index in [-0.39, 0.29) is 38.4 Å². The van der Waals surface area contributed by atoms with Crippen LogP contribution in [0.5, 0.6) is 0 Å². The van der Waals surface area contributed by atoms with Crippen molar-refractivity contribution in [2.24, 2.45) is 0 Å². The molecule has 11 nitrogen and oxygen atoms in total. The highest BCUT2D eigenvalue weighted by Gasteiger charge is 2.01. The molecule has 4 N–H and O–H groups in total. The first-order chi connectivity index (χ1) is 14.0. The Labute approximate surface area is 170 Å². The van der Waals surface area contributed by atoms with Gasteiger partial charge in [0.15, 0.2) is 0 Å². The van der Waals surface area contributed by atoms with E-state index in [9.17, 15) is 19.2 Å². The Morgan fingerprint density at radius 1 is 0.621 bits per heavy atom. The molecule has 0 fully saturated rings. The Morgan fingerprint density at radius 2 is 1.00 bits per heavy atom. The van der Waals surface area contributed by atoms with Crippen LogP contribution in [0.1, 0.15) is 12.8 Å². The SMILES string of the molecule is C=CC(=O)OCCNC(=O)NCCCOCCCNC(=O)NCCOC(=O)C=C. The first-order valence-electron chi connectivity index (χ1n) is 9.19. The van der Waals surface area contributed by atoms with Crippen molar-refractivity contribution in [2.45, 2.75) is 12.8 Å². The first kappa shape index (κ1) is 25.9. The Hall–Kier alpha value is -3.08. The molecular weight excluding hydrogens is 384 g/mol. The van der Waals surface area contributed by atoms with Crippen LogP contribution in [0.15, 0.2) is 25.3 Å². The van der Waals surface area contributed by atoms with Gasteiger partial charge in [0.25, 0.3) is 0 Å². The molecule has 0 saturated heterocycles. The third-order valence-electron chi connectivity index (χ3n) is 3.10. The van der Waals surface area contributed by atoms with E-state index in [1.165, 1.54) is 0 Å². The van der Waals surface area contributed by atoms with Gasteiger partial charge in [0.1, 0.15) is 13.2 Å². The van der Waals surface area contributed by atoms with Crippen LogP contribution in [0, 0.1) is 0 Å². The molecule has 0 rings (SSSR count). The highest BCUT2D eigenvalue weighted by molar-refractivity contribution is 5.81. The van der Waals surface area contributed by atoms with Crippen molar-refractivity contribution in [3.05, 3.63) is 25.3 Å². The van der Waals surface area contributed by atoms with Crippen molar-refractivity contribution in [3.63, 3.8) is 0 Å². The number of amides is 4. The lowest BCUT2D eigenvalue weighted by atomic mass is 10.4. The summed E-state index contributed by atoms with van der Waals surface area (Å²) in [6.07, 6.45) is 3.38. The van der Waals surface area contributed by atoms with E-state index in [1.807, 2.05) is 0 Å². The van der Waals surface area contributed by atoms with Gasteiger partial charge in [-0.15, -0.1) is 0 Å². The van der Waals surface area contributed by atoms with Crippen molar-refractivity contribution < 1.29 is 33.4 Å². The molecule has 0 aromatic heterocycles. The monoisotopic (exact) mass is 414 g/mol. The van der Waals surface area contributed by atoms with Crippen molar-refractivity contribution in [1.29, 1.82) is 0 Å². The number of carbonyl (C=O) groups excluding carboxylic acids is 4. The molecule has 0 aromatic rings. The molecule has 0 heterocycles. The minimum Gasteiger partial charge on any atom is -0.461 e. The Kier molecular flexibility index (Phi) is 16.3. The number of hydrogen-bond donors (Lipinski definition) is 4.